The maximum Gasteiger partial charge on any atom is 0.279 e. The van der Waals surface area contributed by atoms with Crippen molar-refractivity contribution in [2.75, 3.05) is 14.1 Å². The largest absolute Gasteiger partial charge is 0.301 e. The average molecular weight is 220 g/mol. The Morgan fingerprint density at radius 1 is 1.43 bits per heavy atom. The number of H-pyrrole nitrogens is 2. The Kier molecular flexibility index (Phi) is 3.09. The predicted octanol–water partition coefficient (Wildman–Crippen LogP) is -1.40. The fraction of sp³-hybridized carbons (Fsp3) is 0.500. The first-order chi connectivity index (χ1) is 6.42. The molecule has 0 aliphatic rings. The first-order valence-electron chi connectivity index (χ1n) is 3.85. The molecule has 0 aromatic carbocycles. The summed E-state index contributed by atoms with van der Waals surface area (Å²) < 4.78 is 25.8. The lowest BCUT2D eigenvalue weighted by Gasteiger charge is -2.11. The Balaban J connectivity index is 2.62. The summed E-state index contributed by atoms with van der Waals surface area (Å²) in [5.74, 6) is 0. The fourth-order valence-electron chi connectivity index (χ4n) is 0.766. The minimum atomic E-state index is -3.44. The third-order valence-corrected chi connectivity index (χ3v) is 3.05. The van der Waals surface area contributed by atoms with E-state index in [0.717, 1.165) is 4.31 Å². The highest BCUT2D eigenvalue weighted by atomic mass is 32.2. The molecular weight excluding hydrogens is 208 g/mol. The molecule has 1 aromatic heterocycles. The first kappa shape index (κ1) is 11.0. The van der Waals surface area contributed by atoms with Crippen LogP contribution in [0.5, 0.6) is 0 Å². The number of aromatic nitrogens is 2. The van der Waals surface area contributed by atoms with Gasteiger partial charge in [-0.05, 0) is 0 Å². The van der Waals surface area contributed by atoms with Crippen LogP contribution in [0.25, 0.3) is 0 Å². The quantitative estimate of drug-likeness (QED) is 0.582. The molecule has 1 heterocycles. The summed E-state index contributed by atoms with van der Waals surface area (Å²) in [7, 11) is -0.602. The number of hydrogen-bond acceptors (Lipinski definition) is 3. The lowest BCUT2D eigenvalue weighted by Crippen LogP contribution is -2.35. The van der Waals surface area contributed by atoms with Crippen LogP contribution in [0.1, 0.15) is 5.69 Å². The Bertz CT molecular complexity index is 444. The van der Waals surface area contributed by atoms with Crippen molar-refractivity contribution in [2.24, 2.45) is 0 Å². The van der Waals surface area contributed by atoms with E-state index in [-0.39, 0.29) is 12.1 Å². The van der Waals surface area contributed by atoms with Gasteiger partial charge in [0.05, 0.1) is 12.2 Å². The van der Waals surface area contributed by atoms with Gasteiger partial charge >= 0.3 is 0 Å². The maximum absolute atomic E-state index is 11.2. The predicted molar refractivity (Wildman–Crippen MR) is 50.9 cm³/mol. The van der Waals surface area contributed by atoms with Crippen molar-refractivity contribution >= 4 is 10.2 Å². The molecule has 0 aliphatic carbocycles. The summed E-state index contributed by atoms with van der Waals surface area (Å²) in [6, 6.07) is 1.29. The van der Waals surface area contributed by atoms with Crippen LogP contribution in [0.2, 0.25) is 0 Å². The summed E-state index contributed by atoms with van der Waals surface area (Å²) >= 11 is 0. The van der Waals surface area contributed by atoms with Gasteiger partial charge in [-0.1, -0.05) is 0 Å². The molecular formula is C6H12N4O3S. The highest BCUT2D eigenvalue weighted by Gasteiger charge is 2.12. The molecule has 3 N–H and O–H groups in total. The molecule has 0 spiro atoms. The van der Waals surface area contributed by atoms with Gasteiger partial charge in [0.1, 0.15) is 0 Å². The van der Waals surface area contributed by atoms with Crippen LogP contribution in [0.3, 0.4) is 0 Å². The van der Waals surface area contributed by atoms with Gasteiger partial charge < -0.3 is 5.10 Å². The highest BCUT2D eigenvalue weighted by molar-refractivity contribution is 7.87. The lowest BCUT2D eigenvalue weighted by molar-refractivity contribution is 0.504. The topological polar surface area (TPSA) is 98.1 Å². The van der Waals surface area contributed by atoms with Crippen LogP contribution < -0.4 is 10.3 Å². The molecule has 0 atom stereocenters. The van der Waals surface area contributed by atoms with Crippen molar-refractivity contribution in [2.45, 2.75) is 6.54 Å². The molecule has 0 bridgehead atoms. The van der Waals surface area contributed by atoms with Crippen LogP contribution in [0.4, 0.5) is 0 Å². The van der Waals surface area contributed by atoms with E-state index in [0.29, 0.717) is 5.69 Å². The molecule has 0 fully saturated rings. The molecule has 8 heteroatoms. The molecule has 0 unspecified atom stereocenters. The summed E-state index contributed by atoms with van der Waals surface area (Å²) in [5, 5.41) is 4.84. The standard InChI is InChI=1S/C6H12N4O3S/c1-10(2)14(12,13)7-4-5-3-6(11)9-8-5/h3,7H,4H2,1-2H3,(H2,8,9,11). The molecule has 0 aliphatic heterocycles. The van der Waals surface area contributed by atoms with E-state index in [1.807, 2.05) is 0 Å². The summed E-state index contributed by atoms with van der Waals surface area (Å²) in [4.78, 5) is 10.7. The van der Waals surface area contributed by atoms with E-state index >= 15 is 0 Å². The number of nitrogens with zero attached hydrogens (tertiary/aromatic N) is 1. The normalized spacial score (nSPS) is 12.2. The number of rotatable bonds is 4. The molecule has 7 nitrogen and oxygen atoms in total. The number of nitrogens with one attached hydrogen (secondary N) is 3. The maximum atomic E-state index is 11.2. The Labute approximate surface area is 81.3 Å². The molecule has 0 saturated carbocycles. The minimum Gasteiger partial charge on any atom is -0.301 e. The lowest BCUT2D eigenvalue weighted by atomic mass is 10.4. The SMILES string of the molecule is CN(C)S(=O)(=O)NCc1cc(=O)[nH][nH]1. The zero-order chi connectivity index (χ0) is 10.8. The molecule has 80 valence electrons. The van der Waals surface area contributed by atoms with Crippen LogP contribution in [0.15, 0.2) is 10.9 Å². The van der Waals surface area contributed by atoms with Gasteiger partial charge in [-0.15, -0.1) is 0 Å². The van der Waals surface area contributed by atoms with Gasteiger partial charge in [-0.2, -0.15) is 17.4 Å². The second-order valence-corrected chi connectivity index (χ2v) is 4.86. The van der Waals surface area contributed by atoms with Gasteiger partial charge in [-0.25, -0.2) is 0 Å². The van der Waals surface area contributed by atoms with Crippen LogP contribution >= 0.6 is 0 Å². The van der Waals surface area contributed by atoms with Gasteiger partial charge in [0.25, 0.3) is 15.8 Å². The van der Waals surface area contributed by atoms with Gasteiger partial charge in [-0.3, -0.25) is 9.89 Å². The molecule has 0 radical (unpaired) electrons. The molecule has 0 amide bonds. The smallest absolute Gasteiger partial charge is 0.279 e. The number of aromatic amines is 2. The monoisotopic (exact) mass is 220 g/mol. The zero-order valence-electron chi connectivity index (χ0n) is 7.86. The van der Waals surface area contributed by atoms with Crippen molar-refractivity contribution in [3.63, 3.8) is 0 Å². The molecule has 1 rings (SSSR count). The fourth-order valence-corrected chi connectivity index (χ4v) is 1.36. The van der Waals surface area contributed by atoms with Gasteiger partial charge in [0.2, 0.25) is 0 Å². The summed E-state index contributed by atoms with van der Waals surface area (Å²) in [6.07, 6.45) is 0. The van der Waals surface area contributed by atoms with Crippen molar-refractivity contribution < 1.29 is 8.42 Å². The third kappa shape index (κ3) is 2.69. The third-order valence-electron chi connectivity index (χ3n) is 1.58. The molecule has 14 heavy (non-hydrogen) atoms. The van der Waals surface area contributed by atoms with Crippen LogP contribution in [0, 0.1) is 0 Å². The second-order valence-electron chi connectivity index (χ2n) is 2.89. The van der Waals surface area contributed by atoms with Crippen molar-refractivity contribution in [1.82, 2.24) is 19.2 Å². The van der Waals surface area contributed by atoms with Crippen molar-refractivity contribution in [1.29, 1.82) is 0 Å². The Morgan fingerprint density at radius 3 is 2.50 bits per heavy atom. The number of hydrogen-bond donors (Lipinski definition) is 3. The van der Waals surface area contributed by atoms with E-state index in [9.17, 15) is 13.2 Å². The van der Waals surface area contributed by atoms with E-state index < -0.39 is 10.2 Å². The van der Waals surface area contributed by atoms with E-state index in [1.54, 1.807) is 0 Å². The molecule has 1 aromatic rings. The average Bonchev–Trinajstić information content (AvgIpc) is 2.48. The van der Waals surface area contributed by atoms with Crippen molar-refractivity contribution in [3.8, 4) is 0 Å². The Morgan fingerprint density at radius 2 is 2.07 bits per heavy atom. The van der Waals surface area contributed by atoms with E-state index in [4.69, 9.17) is 0 Å². The summed E-state index contributed by atoms with van der Waals surface area (Å²) in [5.41, 5.74) is 0.199. The first-order valence-corrected chi connectivity index (χ1v) is 5.29. The van der Waals surface area contributed by atoms with Crippen molar-refractivity contribution in [3.05, 3.63) is 22.1 Å². The summed E-state index contributed by atoms with van der Waals surface area (Å²) in [6.45, 7) is 0.0548. The Hall–Kier alpha value is -1.12. The zero-order valence-corrected chi connectivity index (χ0v) is 8.68. The highest BCUT2D eigenvalue weighted by Crippen LogP contribution is 1.92. The van der Waals surface area contributed by atoms with Crippen LogP contribution in [-0.2, 0) is 16.8 Å². The van der Waals surface area contributed by atoms with E-state index in [1.165, 1.54) is 20.2 Å². The van der Waals surface area contributed by atoms with Gasteiger partial charge in [0.15, 0.2) is 0 Å². The van der Waals surface area contributed by atoms with Gasteiger partial charge in [0, 0.05) is 20.2 Å². The second kappa shape index (κ2) is 3.95. The van der Waals surface area contributed by atoms with Crippen LogP contribution in [-0.4, -0.2) is 37.0 Å². The minimum absolute atomic E-state index is 0.0548. The molecule has 0 saturated heterocycles. The van der Waals surface area contributed by atoms with E-state index in [2.05, 4.69) is 14.9 Å².